The molecule has 0 aromatic heterocycles. The largest absolute Gasteiger partial charge is 0.316 e. The van der Waals surface area contributed by atoms with Gasteiger partial charge in [-0.25, -0.2) is 8.42 Å². The number of nitrogens with one attached hydrogen (secondary N) is 1. The lowest BCUT2D eigenvalue weighted by Gasteiger charge is -2.37. The van der Waals surface area contributed by atoms with E-state index in [4.69, 9.17) is 0 Å². The van der Waals surface area contributed by atoms with Crippen LogP contribution in [0.15, 0.2) is 0 Å². The Hall–Kier alpha value is 0.120. The Bertz CT molecular complexity index is 360. The summed E-state index contributed by atoms with van der Waals surface area (Å²) in [6.45, 7) is 8.60. The monoisotopic (exact) mass is 297 g/mol. The van der Waals surface area contributed by atoms with Crippen LogP contribution in [0.4, 0.5) is 0 Å². The molecular weight excluding hydrogens is 274 g/mol. The highest BCUT2D eigenvalue weighted by Crippen LogP contribution is 2.26. The summed E-state index contributed by atoms with van der Waals surface area (Å²) in [6, 6.07) is 0. The molecule has 18 heavy (non-hydrogen) atoms. The van der Waals surface area contributed by atoms with Gasteiger partial charge in [-0.15, -0.1) is 12.4 Å². The van der Waals surface area contributed by atoms with Gasteiger partial charge < -0.3 is 10.2 Å². The number of hydrogen-bond acceptors (Lipinski definition) is 4. The molecule has 0 aliphatic carbocycles. The number of nitrogens with zero attached hydrogens (tertiary/aromatic N) is 2. The number of sulfonamides is 1. The molecular formula is C11H24ClN3O2S. The van der Waals surface area contributed by atoms with Crippen LogP contribution in [-0.4, -0.2) is 69.7 Å². The first kappa shape index (κ1) is 16.2. The molecule has 0 spiro atoms. The molecule has 5 nitrogen and oxygen atoms in total. The number of rotatable bonds is 3. The lowest BCUT2D eigenvalue weighted by molar-refractivity contribution is 0.133. The maximum absolute atomic E-state index is 11.4. The van der Waals surface area contributed by atoms with Crippen LogP contribution < -0.4 is 5.32 Å². The molecule has 0 bridgehead atoms. The fourth-order valence-electron chi connectivity index (χ4n) is 2.76. The van der Waals surface area contributed by atoms with Gasteiger partial charge >= 0.3 is 0 Å². The highest BCUT2D eigenvalue weighted by molar-refractivity contribution is 7.88. The first-order chi connectivity index (χ1) is 7.89. The first-order valence-corrected chi connectivity index (χ1v) is 8.12. The summed E-state index contributed by atoms with van der Waals surface area (Å²) in [5, 5.41) is 3.40. The molecule has 0 saturated carbocycles. The van der Waals surface area contributed by atoms with Gasteiger partial charge in [0.05, 0.1) is 6.26 Å². The van der Waals surface area contributed by atoms with Gasteiger partial charge in [-0.1, -0.05) is 6.92 Å². The molecule has 1 N–H and O–H groups in total. The smallest absolute Gasteiger partial charge is 0.211 e. The van der Waals surface area contributed by atoms with Gasteiger partial charge in [-0.3, -0.25) is 0 Å². The molecule has 7 heteroatoms. The van der Waals surface area contributed by atoms with Gasteiger partial charge in [0.25, 0.3) is 0 Å². The molecule has 0 radical (unpaired) electrons. The maximum atomic E-state index is 11.4. The third-order valence-corrected chi connectivity index (χ3v) is 5.17. The Morgan fingerprint density at radius 2 is 1.83 bits per heavy atom. The molecule has 2 aliphatic heterocycles. The van der Waals surface area contributed by atoms with Crippen molar-refractivity contribution in [2.45, 2.75) is 13.3 Å². The van der Waals surface area contributed by atoms with Crippen molar-refractivity contribution < 1.29 is 8.42 Å². The van der Waals surface area contributed by atoms with E-state index in [1.165, 1.54) is 12.7 Å². The van der Waals surface area contributed by atoms with E-state index in [0.717, 1.165) is 32.7 Å². The Balaban J connectivity index is 0.00000162. The van der Waals surface area contributed by atoms with Gasteiger partial charge in [0.1, 0.15) is 0 Å². The molecule has 2 heterocycles. The topological polar surface area (TPSA) is 52.7 Å². The molecule has 2 rings (SSSR count). The van der Waals surface area contributed by atoms with E-state index in [1.54, 1.807) is 4.31 Å². The van der Waals surface area contributed by atoms with Crippen molar-refractivity contribution in [3.63, 3.8) is 0 Å². The third-order valence-electron chi connectivity index (χ3n) is 3.86. The third kappa shape index (κ3) is 4.06. The SMILES string of the molecule is CC1(CN2CCN(S(C)(=O)=O)CC2)CCNC1.Cl. The summed E-state index contributed by atoms with van der Waals surface area (Å²) in [4.78, 5) is 2.40. The molecule has 0 amide bonds. The standard InChI is InChI=1S/C11H23N3O2S.ClH/c1-11(3-4-12-9-11)10-13-5-7-14(8-6-13)17(2,15)16;/h12H,3-10H2,1-2H3;1H. The van der Waals surface area contributed by atoms with Crippen molar-refractivity contribution in [1.29, 1.82) is 0 Å². The predicted molar refractivity (Wildman–Crippen MR) is 75.7 cm³/mol. The molecule has 0 aromatic carbocycles. The summed E-state index contributed by atoms with van der Waals surface area (Å²) < 4.78 is 24.4. The van der Waals surface area contributed by atoms with E-state index < -0.39 is 10.0 Å². The maximum Gasteiger partial charge on any atom is 0.211 e. The molecule has 2 aliphatic rings. The minimum absolute atomic E-state index is 0. The summed E-state index contributed by atoms with van der Waals surface area (Å²) in [5.41, 5.74) is 0.368. The van der Waals surface area contributed by atoms with Crippen LogP contribution in [0.2, 0.25) is 0 Å². The average Bonchev–Trinajstić information content (AvgIpc) is 2.64. The Morgan fingerprint density at radius 1 is 1.22 bits per heavy atom. The highest BCUT2D eigenvalue weighted by atomic mass is 35.5. The molecule has 2 saturated heterocycles. The predicted octanol–water partition coefficient (Wildman–Crippen LogP) is -0.0150. The molecule has 0 aromatic rings. The van der Waals surface area contributed by atoms with Gasteiger partial charge in [-0.2, -0.15) is 4.31 Å². The van der Waals surface area contributed by atoms with E-state index in [9.17, 15) is 8.42 Å². The van der Waals surface area contributed by atoms with Gasteiger partial charge in [0.15, 0.2) is 0 Å². The fourth-order valence-corrected chi connectivity index (χ4v) is 3.59. The number of piperazine rings is 1. The normalized spacial score (nSPS) is 31.2. The molecule has 1 unspecified atom stereocenters. The first-order valence-electron chi connectivity index (χ1n) is 6.27. The minimum atomic E-state index is -3.00. The number of hydrogen-bond donors (Lipinski definition) is 1. The second kappa shape index (κ2) is 6.05. The Morgan fingerprint density at radius 3 is 2.28 bits per heavy atom. The summed E-state index contributed by atoms with van der Waals surface area (Å²) in [5.74, 6) is 0. The van der Waals surface area contributed by atoms with Crippen molar-refractivity contribution in [2.75, 3.05) is 52.1 Å². The van der Waals surface area contributed by atoms with Crippen LogP contribution in [0.3, 0.4) is 0 Å². The van der Waals surface area contributed by atoms with E-state index in [-0.39, 0.29) is 12.4 Å². The quantitative estimate of drug-likeness (QED) is 0.796. The van der Waals surface area contributed by atoms with Crippen LogP contribution >= 0.6 is 12.4 Å². The average molecular weight is 298 g/mol. The van der Waals surface area contributed by atoms with Crippen molar-refractivity contribution >= 4 is 22.4 Å². The second-order valence-corrected chi connectivity index (χ2v) is 7.66. The van der Waals surface area contributed by atoms with Crippen molar-refractivity contribution in [1.82, 2.24) is 14.5 Å². The van der Waals surface area contributed by atoms with Crippen LogP contribution in [0.25, 0.3) is 0 Å². The van der Waals surface area contributed by atoms with Crippen molar-refractivity contribution in [3.05, 3.63) is 0 Å². The second-order valence-electron chi connectivity index (χ2n) is 5.68. The van der Waals surface area contributed by atoms with Crippen LogP contribution in [0.1, 0.15) is 13.3 Å². The van der Waals surface area contributed by atoms with Gasteiger partial charge in [0.2, 0.25) is 10.0 Å². The lowest BCUT2D eigenvalue weighted by atomic mass is 9.89. The summed E-state index contributed by atoms with van der Waals surface area (Å²) in [6.07, 6.45) is 2.52. The van der Waals surface area contributed by atoms with Crippen LogP contribution in [0.5, 0.6) is 0 Å². The summed E-state index contributed by atoms with van der Waals surface area (Å²) >= 11 is 0. The minimum Gasteiger partial charge on any atom is -0.316 e. The van der Waals surface area contributed by atoms with E-state index in [2.05, 4.69) is 17.1 Å². The Kier molecular flexibility index (Phi) is 5.44. The molecule has 1 atom stereocenters. The van der Waals surface area contributed by atoms with Gasteiger partial charge in [0, 0.05) is 39.3 Å². The Labute approximate surface area is 116 Å². The van der Waals surface area contributed by atoms with E-state index in [0.29, 0.717) is 18.5 Å². The lowest BCUT2D eigenvalue weighted by Crippen LogP contribution is -2.51. The molecule has 108 valence electrons. The van der Waals surface area contributed by atoms with Crippen molar-refractivity contribution in [2.24, 2.45) is 5.41 Å². The van der Waals surface area contributed by atoms with Crippen LogP contribution in [0, 0.1) is 5.41 Å². The zero-order chi connectivity index (χ0) is 12.5. The van der Waals surface area contributed by atoms with E-state index >= 15 is 0 Å². The van der Waals surface area contributed by atoms with Gasteiger partial charge in [-0.05, 0) is 18.4 Å². The van der Waals surface area contributed by atoms with E-state index in [1.807, 2.05) is 0 Å². The number of halogens is 1. The zero-order valence-electron chi connectivity index (χ0n) is 11.2. The van der Waals surface area contributed by atoms with Crippen molar-refractivity contribution in [3.8, 4) is 0 Å². The zero-order valence-corrected chi connectivity index (χ0v) is 12.8. The highest BCUT2D eigenvalue weighted by Gasteiger charge is 2.32. The summed E-state index contributed by atoms with van der Waals surface area (Å²) in [7, 11) is -3.00. The fraction of sp³-hybridized carbons (Fsp3) is 1.00. The van der Waals surface area contributed by atoms with Crippen LogP contribution in [-0.2, 0) is 10.0 Å². The molecule has 2 fully saturated rings.